The first-order valence-electron chi connectivity index (χ1n) is 6.82. The lowest BCUT2D eigenvalue weighted by atomic mass is 10.1. The van der Waals surface area contributed by atoms with Crippen LogP contribution >= 0.6 is 0 Å². The van der Waals surface area contributed by atoms with Crippen molar-refractivity contribution < 1.29 is 22.7 Å². The summed E-state index contributed by atoms with van der Waals surface area (Å²) in [7, 11) is -2.41. The van der Waals surface area contributed by atoms with Crippen LogP contribution in [0.25, 0.3) is 0 Å². The Morgan fingerprint density at radius 1 is 1.48 bits per heavy atom. The molecular weight excluding hydrogens is 294 g/mol. The van der Waals surface area contributed by atoms with E-state index in [1.165, 1.54) is 19.2 Å². The normalized spacial score (nSPS) is 18.4. The van der Waals surface area contributed by atoms with E-state index in [-0.39, 0.29) is 17.4 Å². The van der Waals surface area contributed by atoms with E-state index in [2.05, 4.69) is 4.72 Å². The van der Waals surface area contributed by atoms with E-state index in [9.17, 15) is 13.2 Å². The number of hydrogen-bond donors (Lipinski definition) is 1. The van der Waals surface area contributed by atoms with Gasteiger partial charge in [-0.25, -0.2) is 13.1 Å². The van der Waals surface area contributed by atoms with Gasteiger partial charge in [-0.2, -0.15) is 0 Å². The zero-order valence-corrected chi connectivity index (χ0v) is 12.7. The number of rotatable bonds is 6. The van der Waals surface area contributed by atoms with E-state index in [0.717, 1.165) is 12.8 Å². The van der Waals surface area contributed by atoms with Gasteiger partial charge in [0.1, 0.15) is 5.75 Å². The second kappa shape index (κ2) is 6.91. The molecule has 2 rings (SSSR count). The minimum atomic E-state index is -3.86. The van der Waals surface area contributed by atoms with Gasteiger partial charge in [-0.15, -0.1) is 0 Å². The van der Waals surface area contributed by atoms with Crippen molar-refractivity contribution in [3.8, 4) is 5.75 Å². The molecule has 1 aliphatic heterocycles. The fourth-order valence-corrected chi connectivity index (χ4v) is 3.24. The minimum absolute atomic E-state index is 0.00677. The summed E-state index contributed by atoms with van der Waals surface area (Å²) in [6, 6.07) is 5.98. The smallest absolute Gasteiger partial charge is 0.264 e. The Labute approximate surface area is 124 Å². The summed E-state index contributed by atoms with van der Waals surface area (Å²) < 4.78 is 36.6. The molecule has 1 aromatic rings. The summed E-state index contributed by atoms with van der Waals surface area (Å²) in [6.07, 6.45) is 2.66. The van der Waals surface area contributed by atoms with Crippen molar-refractivity contribution >= 4 is 15.9 Å². The van der Waals surface area contributed by atoms with Crippen LogP contribution < -0.4 is 9.46 Å². The highest BCUT2D eigenvalue weighted by Crippen LogP contribution is 2.18. The molecule has 1 aliphatic rings. The average Bonchev–Trinajstić information content (AvgIpc) is 2.98. The van der Waals surface area contributed by atoms with Gasteiger partial charge in [-0.1, -0.05) is 6.07 Å². The van der Waals surface area contributed by atoms with E-state index < -0.39 is 15.9 Å². The third-order valence-electron chi connectivity index (χ3n) is 3.32. The Balaban J connectivity index is 1.94. The van der Waals surface area contributed by atoms with Gasteiger partial charge in [-0.05, 0) is 31.4 Å². The SMILES string of the molecule is COc1cccc(S(=O)(=O)NC(=O)CCC2CCCO2)c1. The van der Waals surface area contributed by atoms with Gasteiger partial charge < -0.3 is 9.47 Å². The molecule has 1 amide bonds. The molecule has 1 fully saturated rings. The second-order valence-electron chi connectivity index (χ2n) is 4.88. The molecule has 0 radical (unpaired) electrons. The highest BCUT2D eigenvalue weighted by molar-refractivity contribution is 7.90. The second-order valence-corrected chi connectivity index (χ2v) is 6.56. The van der Waals surface area contributed by atoms with Gasteiger partial charge in [-0.3, -0.25) is 4.79 Å². The summed E-state index contributed by atoms with van der Waals surface area (Å²) in [4.78, 5) is 11.8. The number of carbonyl (C=O) groups excluding carboxylic acids is 1. The van der Waals surface area contributed by atoms with Crippen LogP contribution in [0.5, 0.6) is 5.75 Å². The maximum Gasteiger partial charge on any atom is 0.264 e. The summed E-state index contributed by atoms with van der Waals surface area (Å²) >= 11 is 0. The molecule has 1 atom stereocenters. The van der Waals surface area contributed by atoms with Gasteiger partial charge in [0.2, 0.25) is 5.91 Å². The molecular formula is C14H19NO5S. The zero-order valence-electron chi connectivity index (χ0n) is 11.9. The number of nitrogens with one attached hydrogen (secondary N) is 1. The molecule has 1 saturated heterocycles. The van der Waals surface area contributed by atoms with Crippen LogP contribution in [0.1, 0.15) is 25.7 Å². The van der Waals surface area contributed by atoms with Crippen molar-refractivity contribution in [2.45, 2.75) is 36.7 Å². The maximum absolute atomic E-state index is 12.1. The van der Waals surface area contributed by atoms with E-state index >= 15 is 0 Å². The number of hydrogen-bond acceptors (Lipinski definition) is 5. The van der Waals surface area contributed by atoms with Crippen molar-refractivity contribution in [2.75, 3.05) is 13.7 Å². The Bertz CT molecular complexity index is 593. The number of carbonyl (C=O) groups is 1. The highest BCUT2D eigenvalue weighted by Gasteiger charge is 2.21. The first-order valence-corrected chi connectivity index (χ1v) is 8.31. The Morgan fingerprint density at radius 3 is 2.95 bits per heavy atom. The quantitative estimate of drug-likeness (QED) is 0.860. The molecule has 0 saturated carbocycles. The standard InChI is InChI=1S/C14H19NO5S/c1-19-12-4-2-6-13(10-12)21(17,18)15-14(16)8-7-11-5-3-9-20-11/h2,4,6,10-11H,3,5,7-9H2,1H3,(H,15,16). The van der Waals surface area contributed by atoms with E-state index in [4.69, 9.17) is 9.47 Å². The number of amides is 1. The van der Waals surface area contributed by atoms with Crippen molar-refractivity contribution in [1.29, 1.82) is 0 Å². The third-order valence-corrected chi connectivity index (χ3v) is 4.69. The molecule has 1 N–H and O–H groups in total. The van der Waals surface area contributed by atoms with E-state index in [1.54, 1.807) is 12.1 Å². The predicted octanol–water partition coefficient (Wildman–Crippen LogP) is 1.46. The number of ether oxygens (including phenoxy) is 2. The van der Waals surface area contributed by atoms with Crippen LogP contribution in [0, 0.1) is 0 Å². The Hall–Kier alpha value is -1.60. The van der Waals surface area contributed by atoms with Crippen LogP contribution in [0.3, 0.4) is 0 Å². The van der Waals surface area contributed by atoms with E-state index in [0.29, 0.717) is 18.8 Å². The minimum Gasteiger partial charge on any atom is -0.497 e. The van der Waals surface area contributed by atoms with Gasteiger partial charge in [0.15, 0.2) is 0 Å². The first-order chi connectivity index (χ1) is 10.0. The lowest BCUT2D eigenvalue weighted by molar-refractivity contribution is -0.119. The van der Waals surface area contributed by atoms with Gasteiger partial charge in [0.25, 0.3) is 10.0 Å². The zero-order chi connectivity index (χ0) is 15.3. The van der Waals surface area contributed by atoms with Crippen LogP contribution in [0.2, 0.25) is 0 Å². The molecule has 0 aromatic heterocycles. The van der Waals surface area contributed by atoms with Crippen molar-refractivity contribution in [3.63, 3.8) is 0 Å². The molecule has 116 valence electrons. The topological polar surface area (TPSA) is 81.7 Å². The van der Waals surface area contributed by atoms with Crippen LogP contribution in [-0.4, -0.2) is 34.1 Å². The molecule has 7 heteroatoms. The largest absolute Gasteiger partial charge is 0.497 e. The fraction of sp³-hybridized carbons (Fsp3) is 0.500. The van der Waals surface area contributed by atoms with Crippen molar-refractivity contribution in [3.05, 3.63) is 24.3 Å². The lowest BCUT2D eigenvalue weighted by Gasteiger charge is -2.10. The number of methoxy groups -OCH3 is 1. The molecule has 1 unspecified atom stereocenters. The number of sulfonamides is 1. The molecule has 0 aliphatic carbocycles. The molecule has 0 bridgehead atoms. The molecule has 1 heterocycles. The third kappa shape index (κ3) is 4.44. The average molecular weight is 313 g/mol. The fourth-order valence-electron chi connectivity index (χ4n) is 2.19. The monoisotopic (exact) mass is 313 g/mol. The van der Waals surface area contributed by atoms with Crippen molar-refractivity contribution in [2.24, 2.45) is 0 Å². The molecule has 6 nitrogen and oxygen atoms in total. The predicted molar refractivity (Wildman–Crippen MR) is 76.5 cm³/mol. The van der Waals surface area contributed by atoms with E-state index in [1.807, 2.05) is 0 Å². The molecule has 21 heavy (non-hydrogen) atoms. The Kier molecular flexibility index (Phi) is 5.19. The maximum atomic E-state index is 12.1. The van der Waals surface area contributed by atoms with Gasteiger partial charge >= 0.3 is 0 Å². The highest BCUT2D eigenvalue weighted by atomic mass is 32.2. The summed E-state index contributed by atoms with van der Waals surface area (Å²) in [6.45, 7) is 0.717. The molecule has 1 aromatic carbocycles. The van der Waals surface area contributed by atoms with Crippen molar-refractivity contribution in [1.82, 2.24) is 4.72 Å². The van der Waals surface area contributed by atoms with Crippen LogP contribution in [-0.2, 0) is 19.6 Å². The summed E-state index contributed by atoms with van der Waals surface area (Å²) in [5.41, 5.74) is 0. The van der Waals surface area contributed by atoms with Gasteiger partial charge in [0, 0.05) is 19.1 Å². The van der Waals surface area contributed by atoms with Crippen LogP contribution in [0.4, 0.5) is 0 Å². The first kappa shape index (κ1) is 15.8. The molecule has 0 spiro atoms. The van der Waals surface area contributed by atoms with Gasteiger partial charge in [0.05, 0.1) is 18.1 Å². The summed E-state index contributed by atoms with van der Waals surface area (Å²) in [5, 5.41) is 0. The Morgan fingerprint density at radius 2 is 2.29 bits per heavy atom. The summed E-state index contributed by atoms with van der Waals surface area (Å²) in [5.74, 6) is -0.0991. The number of benzene rings is 1. The van der Waals surface area contributed by atoms with Crippen LogP contribution in [0.15, 0.2) is 29.2 Å². The lowest BCUT2D eigenvalue weighted by Crippen LogP contribution is -2.31.